The Labute approximate surface area is 123 Å². The number of ether oxygens (including phenoxy) is 1. The molecule has 0 aromatic heterocycles. The lowest BCUT2D eigenvalue weighted by molar-refractivity contribution is 0.00499. The zero-order chi connectivity index (χ0) is 15.2. The summed E-state index contributed by atoms with van der Waals surface area (Å²) in [7, 11) is 0. The Morgan fingerprint density at radius 3 is 2.70 bits per heavy atom. The maximum absolute atomic E-state index is 5.82. The van der Waals surface area contributed by atoms with Gasteiger partial charge in [-0.05, 0) is 47.6 Å². The van der Waals surface area contributed by atoms with Crippen molar-refractivity contribution in [1.29, 1.82) is 0 Å². The molecule has 3 heteroatoms. The van der Waals surface area contributed by atoms with Gasteiger partial charge in [-0.25, -0.2) is 0 Å². The van der Waals surface area contributed by atoms with Crippen LogP contribution in [0.1, 0.15) is 47.5 Å². The molecule has 0 saturated carbocycles. The molecule has 0 aromatic carbocycles. The SMILES string of the molecule is C=C(OC(C)(C)C)N1CC=C(CC(C)=N/C=C\C)CC1. The molecule has 1 aliphatic rings. The third kappa shape index (κ3) is 6.09. The average Bonchev–Trinajstić information content (AvgIpc) is 2.35. The van der Waals surface area contributed by atoms with Crippen molar-refractivity contribution in [2.24, 2.45) is 4.99 Å². The summed E-state index contributed by atoms with van der Waals surface area (Å²) in [6, 6.07) is 0. The van der Waals surface area contributed by atoms with Gasteiger partial charge in [-0.3, -0.25) is 4.99 Å². The van der Waals surface area contributed by atoms with Crippen LogP contribution < -0.4 is 0 Å². The summed E-state index contributed by atoms with van der Waals surface area (Å²) < 4.78 is 5.82. The highest BCUT2D eigenvalue weighted by atomic mass is 16.5. The first-order chi connectivity index (χ1) is 9.31. The van der Waals surface area contributed by atoms with Crippen molar-refractivity contribution in [3.63, 3.8) is 0 Å². The Kier molecular flexibility index (Phi) is 6.05. The summed E-state index contributed by atoms with van der Waals surface area (Å²) in [5.41, 5.74) is 2.43. The van der Waals surface area contributed by atoms with Gasteiger partial charge < -0.3 is 9.64 Å². The fraction of sp³-hybridized carbons (Fsp3) is 0.588. The van der Waals surface area contributed by atoms with Crippen LogP contribution in [-0.2, 0) is 4.74 Å². The molecule has 0 aromatic rings. The molecule has 0 aliphatic carbocycles. The van der Waals surface area contributed by atoms with E-state index in [9.17, 15) is 0 Å². The van der Waals surface area contributed by atoms with Gasteiger partial charge in [0.2, 0.25) is 0 Å². The van der Waals surface area contributed by atoms with E-state index in [-0.39, 0.29) is 5.60 Å². The highest BCUT2D eigenvalue weighted by Crippen LogP contribution is 2.21. The largest absolute Gasteiger partial charge is 0.474 e. The molecule has 0 atom stereocenters. The molecular formula is C17H28N2O. The van der Waals surface area contributed by atoms with E-state index in [1.54, 1.807) is 0 Å². The smallest absolute Gasteiger partial charge is 0.182 e. The van der Waals surface area contributed by atoms with Gasteiger partial charge in [-0.1, -0.05) is 17.7 Å². The lowest BCUT2D eigenvalue weighted by atomic mass is 10.0. The van der Waals surface area contributed by atoms with Crippen LogP contribution in [0.25, 0.3) is 0 Å². The van der Waals surface area contributed by atoms with Crippen LogP contribution in [0.2, 0.25) is 0 Å². The first-order valence-corrected chi connectivity index (χ1v) is 7.27. The van der Waals surface area contributed by atoms with E-state index >= 15 is 0 Å². The second-order valence-electron chi connectivity index (χ2n) is 6.19. The Morgan fingerprint density at radius 2 is 2.20 bits per heavy atom. The third-order valence-corrected chi connectivity index (χ3v) is 3.01. The molecule has 3 nitrogen and oxygen atoms in total. The van der Waals surface area contributed by atoms with Crippen LogP contribution >= 0.6 is 0 Å². The third-order valence-electron chi connectivity index (χ3n) is 3.01. The van der Waals surface area contributed by atoms with Crippen LogP contribution in [0.15, 0.2) is 41.4 Å². The van der Waals surface area contributed by atoms with Gasteiger partial charge >= 0.3 is 0 Å². The lowest BCUT2D eigenvalue weighted by Crippen LogP contribution is -2.33. The predicted octanol–water partition coefficient (Wildman–Crippen LogP) is 4.29. The number of nitrogens with zero attached hydrogens (tertiary/aromatic N) is 2. The van der Waals surface area contributed by atoms with Crippen molar-refractivity contribution in [1.82, 2.24) is 4.90 Å². The van der Waals surface area contributed by atoms with Crippen molar-refractivity contribution in [2.45, 2.75) is 53.1 Å². The van der Waals surface area contributed by atoms with Crippen molar-refractivity contribution >= 4 is 5.71 Å². The minimum Gasteiger partial charge on any atom is -0.474 e. The van der Waals surface area contributed by atoms with E-state index in [2.05, 4.69) is 29.5 Å². The van der Waals surface area contributed by atoms with Crippen molar-refractivity contribution in [3.8, 4) is 0 Å². The van der Waals surface area contributed by atoms with Gasteiger partial charge in [-0.15, -0.1) is 0 Å². The standard InChI is InChI=1S/C17H28N2O/c1-7-10-18-14(2)13-16-8-11-19(12-9-16)15(3)20-17(4,5)6/h7-8,10H,3,9,11-13H2,1-2,4-6H3/b10-7-,18-14?. The second-order valence-corrected chi connectivity index (χ2v) is 6.19. The second kappa shape index (κ2) is 7.32. The van der Waals surface area contributed by atoms with Gasteiger partial charge in [0.05, 0.1) is 0 Å². The van der Waals surface area contributed by atoms with Gasteiger partial charge in [-0.2, -0.15) is 0 Å². The molecule has 0 amide bonds. The maximum atomic E-state index is 5.82. The molecular weight excluding hydrogens is 248 g/mol. The maximum Gasteiger partial charge on any atom is 0.182 e. The van der Waals surface area contributed by atoms with E-state index in [0.29, 0.717) is 0 Å². The van der Waals surface area contributed by atoms with Crippen molar-refractivity contribution in [2.75, 3.05) is 13.1 Å². The van der Waals surface area contributed by atoms with E-state index < -0.39 is 0 Å². The highest BCUT2D eigenvalue weighted by molar-refractivity contribution is 5.84. The molecule has 0 saturated heterocycles. The molecule has 1 rings (SSSR count). The average molecular weight is 276 g/mol. The summed E-state index contributed by atoms with van der Waals surface area (Å²) in [6.07, 6.45) is 8.09. The molecule has 1 heterocycles. The predicted molar refractivity (Wildman–Crippen MR) is 86.8 cm³/mol. The summed E-state index contributed by atoms with van der Waals surface area (Å²) in [5, 5.41) is 0. The minimum atomic E-state index is -0.184. The zero-order valence-corrected chi connectivity index (χ0v) is 13.6. The minimum absolute atomic E-state index is 0.184. The Morgan fingerprint density at radius 1 is 1.50 bits per heavy atom. The number of rotatable bonds is 5. The molecule has 0 unspecified atom stereocenters. The van der Waals surface area contributed by atoms with E-state index in [0.717, 1.165) is 37.5 Å². The Balaban J connectivity index is 2.51. The molecule has 112 valence electrons. The molecule has 0 fully saturated rings. The van der Waals surface area contributed by atoms with Gasteiger partial charge in [0.25, 0.3) is 0 Å². The fourth-order valence-electron chi connectivity index (χ4n) is 2.09. The van der Waals surface area contributed by atoms with Crippen LogP contribution in [-0.4, -0.2) is 29.3 Å². The molecule has 1 aliphatic heterocycles. The topological polar surface area (TPSA) is 24.8 Å². The van der Waals surface area contributed by atoms with Crippen molar-refractivity contribution in [3.05, 3.63) is 36.4 Å². The first kappa shape index (κ1) is 16.5. The Bertz CT molecular complexity index is 425. The van der Waals surface area contributed by atoms with E-state index in [1.807, 2.05) is 40.0 Å². The summed E-state index contributed by atoms with van der Waals surface area (Å²) >= 11 is 0. The van der Waals surface area contributed by atoms with Crippen LogP contribution in [0.3, 0.4) is 0 Å². The number of hydrogen-bond donors (Lipinski definition) is 0. The number of aliphatic imine (C=N–C) groups is 1. The quantitative estimate of drug-likeness (QED) is 0.425. The fourth-order valence-corrected chi connectivity index (χ4v) is 2.09. The van der Waals surface area contributed by atoms with Gasteiger partial charge in [0.1, 0.15) is 5.60 Å². The summed E-state index contributed by atoms with van der Waals surface area (Å²) in [4.78, 5) is 6.57. The van der Waals surface area contributed by atoms with Gasteiger partial charge in [0.15, 0.2) is 5.88 Å². The number of allylic oxidation sites excluding steroid dienone is 1. The molecule has 0 spiro atoms. The molecule has 0 radical (unpaired) electrons. The highest BCUT2D eigenvalue weighted by Gasteiger charge is 2.19. The summed E-state index contributed by atoms with van der Waals surface area (Å²) in [5.74, 6) is 0.770. The molecule has 0 bridgehead atoms. The molecule has 20 heavy (non-hydrogen) atoms. The van der Waals surface area contributed by atoms with Crippen LogP contribution in [0, 0.1) is 0 Å². The number of hydrogen-bond acceptors (Lipinski definition) is 3. The van der Waals surface area contributed by atoms with Crippen LogP contribution in [0.4, 0.5) is 0 Å². The first-order valence-electron chi connectivity index (χ1n) is 7.27. The van der Waals surface area contributed by atoms with Crippen LogP contribution in [0.5, 0.6) is 0 Å². The van der Waals surface area contributed by atoms with Gasteiger partial charge in [0, 0.05) is 31.4 Å². The Hall–Kier alpha value is -1.51. The monoisotopic (exact) mass is 276 g/mol. The normalized spacial score (nSPS) is 17.4. The van der Waals surface area contributed by atoms with E-state index in [1.165, 1.54) is 5.57 Å². The molecule has 0 N–H and O–H groups in total. The lowest BCUT2D eigenvalue weighted by Gasteiger charge is -2.33. The summed E-state index contributed by atoms with van der Waals surface area (Å²) in [6.45, 7) is 16.1. The zero-order valence-electron chi connectivity index (χ0n) is 13.6. The van der Waals surface area contributed by atoms with E-state index in [4.69, 9.17) is 4.74 Å². The van der Waals surface area contributed by atoms with Crippen molar-refractivity contribution < 1.29 is 4.74 Å².